The molecule has 0 aromatic heterocycles. The molecule has 1 aliphatic carbocycles. The highest BCUT2D eigenvalue weighted by molar-refractivity contribution is 6.02. The molecule has 4 rings (SSSR count). The minimum absolute atomic E-state index is 0.0601. The quantitative estimate of drug-likeness (QED) is 0.783. The van der Waals surface area contributed by atoms with E-state index in [1.807, 2.05) is 35.2 Å². The number of carbonyl (C=O) groups excluding carboxylic acids is 3. The van der Waals surface area contributed by atoms with Gasteiger partial charge in [0.1, 0.15) is 6.54 Å². The number of carbonyl (C=O) groups is 3. The van der Waals surface area contributed by atoms with Crippen LogP contribution in [-0.4, -0.2) is 64.3 Å². The van der Waals surface area contributed by atoms with Crippen LogP contribution in [0.15, 0.2) is 30.3 Å². The Morgan fingerprint density at radius 3 is 2.28 bits per heavy atom. The number of rotatable bonds is 4. The van der Waals surface area contributed by atoms with Crippen LogP contribution in [0.25, 0.3) is 0 Å². The minimum atomic E-state index is -0.124. The normalized spacial score (nSPS) is 22.0. The predicted molar refractivity (Wildman–Crippen MR) is 91.7 cm³/mol. The third kappa shape index (κ3) is 3.25. The number of piperidine rings is 1. The number of amides is 4. The molecule has 1 saturated carbocycles. The number of imide groups is 1. The summed E-state index contributed by atoms with van der Waals surface area (Å²) in [6.45, 7) is 1.51. The van der Waals surface area contributed by atoms with Gasteiger partial charge in [0.15, 0.2) is 0 Å². The Kier molecular flexibility index (Phi) is 4.19. The molecule has 6 nitrogen and oxygen atoms in total. The van der Waals surface area contributed by atoms with Crippen molar-refractivity contribution in [3.05, 3.63) is 35.9 Å². The lowest BCUT2D eigenvalue weighted by Crippen LogP contribution is -2.48. The fourth-order valence-corrected chi connectivity index (χ4v) is 3.82. The van der Waals surface area contributed by atoms with E-state index >= 15 is 0 Å². The standard InChI is InChI=1S/C19H23N3O3/c23-17(12-14-4-2-1-3-5-14)20-10-8-15(9-11-20)21-13-18(24)22(19(21)25)16-6-7-16/h1-5,15-16H,6-13H2. The molecule has 0 N–H and O–H groups in total. The topological polar surface area (TPSA) is 60.9 Å². The molecule has 3 fully saturated rings. The van der Waals surface area contributed by atoms with Gasteiger partial charge in [0.05, 0.1) is 6.42 Å². The second-order valence-electron chi connectivity index (χ2n) is 7.18. The molecule has 0 unspecified atom stereocenters. The summed E-state index contributed by atoms with van der Waals surface area (Å²) in [6, 6.07) is 9.84. The Balaban J connectivity index is 1.32. The molecular formula is C19H23N3O3. The van der Waals surface area contributed by atoms with Crippen LogP contribution in [0.1, 0.15) is 31.2 Å². The van der Waals surface area contributed by atoms with Gasteiger partial charge in [-0.25, -0.2) is 4.79 Å². The van der Waals surface area contributed by atoms with Crippen LogP contribution in [0, 0.1) is 0 Å². The number of nitrogens with zero attached hydrogens (tertiary/aromatic N) is 3. The van der Waals surface area contributed by atoms with Gasteiger partial charge in [-0.2, -0.15) is 0 Å². The third-order valence-corrected chi connectivity index (χ3v) is 5.39. The summed E-state index contributed by atoms with van der Waals surface area (Å²) in [5, 5.41) is 0. The first-order chi connectivity index (χ1) is 12.1. The molecule has 0 radical (unpaired) electrons. The lowest BCUT2D eigenvalue weighted by Gasteiger charge is -2.36. The Bertz CT molecular complexity index is 678. The van der Waals surface area contributed by atoms with Crippen LogP contribution in [0.3, 0.4) is 0 Å². The molecular weight excluding hydrogens is 318 g/mol. The highest BCUT2D eigenvalue weighted by Crippen LogP contribution is 2.32. The molecule has 0 spiro atoms. The van der Waals surface area contributed by atoms with E-state index in [2.05, 4.69) is 0 Å². The lowest BCUT2D eigenvalue weighted by molar-refractivity contribution is -0.132. The number of hydrogen-bond acceptors (Lipinski definition) is 3. The van der Waals surface area contributed by atoms with E-state index in [-0.39, 0.29) is 36.5 Å². The van der Waals surface area contributed by atoms with E-state index in [1.54, 1.807) is 4.90 Å². The average Bonchev–Trinajstić information content (AvgIpc) is 3.41. The number of benzene rings is 1. The van der Waals surface area contributed by atoms with Crippen molar-refractivity contribution in [3.8, 4) is 0 Å². The average molecular weight is 341 g/mol. The van der Waals surface area contributed by atoms with Crippen LogP contribution in [0.5, 0.6) is 0 Å². The van der Waals surface area contributed by atoms with Crippen LogP contribution in [-0.2, 0) is 16.0 Å². The minimum Gasteiger partial charge on any atom is -0.342 e. The molecule has 25 heavy (non-hydrogen) atoms. The SMILES string of the molecule is O=C(Cc1ccccc1)N1CCC(N2CC(=O)N(C3CC3)C2=O)CC1. The Labute approximate surface area is 147 Å². The van der Waals surface area contributed by atoms with Crippen molar-refractivity contribution in [2.45, 2.75) is 44.2 Å². The van der Waals surface area contributed by atoms with Crippen molar-refractivity contribution in [1.29, 1.82) is 0 Å². The molecule has 2 heterocycles. The van der Waals surface area contributed by atoms with Gasteiger partial charge in [-0.1, -0.05) is 30.3 Å². The summed E-state index contributed by atoms with van der Waals surface area (Å²) < 4.78 is 0. The Morgan fingerprint density at radius 2 is 1.64 bits per heavy atom. The third-order valence-electron chi connectivity index (χ3n) is 5.39. The summed E-state index contributed by atoms with van der Waals surface area (Å²) in [5.41, 5.74) is 1.02. The fraction of sp³-hybridized carbons (Fsp3) is 0.526. The Morgan fingerprint density at radius 1 is 0.960 bits per heavy atom. The van der Waals surface area contributed by atoms with Crippen molar-refractivity contribution in [1.82, 2.24) is 14.7 Å². The largest absolute Gasteiger partial charge is 0.342 e. The molecule has 4 amide bonds. The zero-order valence-electron chi connectivity index (χ0n) is 14.3. The van der Waals surface area contributed by atoms with Gasteiger partial charge >= 0.3 is 6.03 Å². The molecule has 1 aromatic carbocycles. The van der Waals surface area contributed by atoms with Gasteiger partial charge in [0.25, 0.3) is 5.91 Å². The molecule has 6 heteroatoms. The molecule has 1 aromatic rings. The summed E-state index contributed by atoms with van der Waals surface area (Å²) in [7, 11) is 0. The van der Waals surface area contributed by atoms with Gasteiger partial charge < -0.3 is 9.80 Å². The number of urea groups is 1. The van der Waals surface area contributed by atoms with Crippen LogP contribution in [0.2, 0.25) is 0 Å². The van der Waals surface area contributed by atoms with E-state index in [4.69, 9.17) is 0 Å². The first-order valence-corrected chi connectivity index (χ1v) is 9.08. The van der Waals surface area contributed by atoms with Gasteiger partial charge in [-0.3, -0.25) is 14.5 Å². The maximum absolute atomic E-state index is 12.5. The Hall–Kier alpha value is -2.37. The van der Waals surface area contributed by atoms with Crippen molar-refractivity contribution in [3.63, 3.8) is 0 Å². The van der Waals surface area contributed by atoms with E-state index in [0.717, 1.165) is 31.2 Å². The molecule has 0 bridgehead atoms. The second kappa shape index (κ2) is 6.50. The van der Waals surface area contributed by atoms with Crippen molar-refractivity contribution < 1.29 is 14.4 Å². The van der Waals surface area contributed by atoms with Gasteiger partial charge in [0.2, 0.25) is 5.91 Å². The highest BCUT2D eigenvalue weighted by Gasteiger charge is 2.47. The molecule has 132 valence electrons. The monoisotopic (exact) mass is 341 g/mol. The maximum atomic E-state index is 12.5. The van der Waals surface area contributed by atoms with E-state index in [1.165, 1.54) is 4.90 Å². The van der Waals surface area contributed by atoms with Crippen molar-refractivity contribution in [2.24, 2.45) is 0 Å². The summed E-state index contributed by atoms with van der Waals surface area (Å²) in [4.78, 5) is 42.1. The van der Waals surface area contributed by atoms with E-state index in [0.29, 0.717) is 19.5 Å². The number of likely N-dealkylation sites (tertiary alicyclic amines) is 1. The first-order valence-electron chi connectivity index (χ1n) is 9.08. The van der Waals surface area contributed by atoms with Gasteiger partial charge in [-0.05, 0) is 31.2 Å². The maximum Gasteiger partial charge on any atom is 0.327 e. The second-order valence-corrected chi connectivity index (χ2v) is 7.18. The smallest absolute Gasteiger partial charge is 0.327 e. The zero-order chi connectivity index (χ0) is 17.4. The lowest BCUT2D eigenvalue weighted by atomic mass is 10.0. The van der Waals surface area contributed by atoms with Crippen LogP contribution < -0.4 is 0 Å². The van der Waals surface area contributed by atoms with Crippen LogP contribution >= 0.6 is 0 Å². The summed E-state index contributed by atoms with van der Waals surface area (Å²) in [5.74, 6) is 0.0724. The fourth-order valence-electron chi connectivity index (χ4n) is 3.82. The summed E-state index contributed by atoms with van der Waals surface area (Å²) >= 11 is 0. The molecule has 3 aliphatic rings. The van der Waals surface area contributed by atoms with E-state index in [9.17, 15) is 14.4 Å². The van der Waals surface area contributed by atoms with Gasteiger partial charge in [0, 0.05) is 25.2 Å². The first kappa shape index (κ1) is 16.1. The van der Waals surface area contributed by atoms with E-state index < -0.39 is 0 Å². The molecule has 0 atom stereocenters. The molecule has 2 aliphatic heterocycles. The molecule has 2 saturated heterocycles. The highest BCUT2D eigenvalue weighted by atomic mass is 16.2. The summed E-state index contributed by atoms with van der Waals surface area (Å²) in [6.07, 6.45) is 3.80. The zero-order valence-corrected chi connectivity index (χ0v) is 14.3. The predicted octanol–water partition coefficient (Wildman–Crippen LogP) is 1.65. The van der Waals surface area contributed by atoms with Crippen LogP contribution in [0.4, 0.5) is 4.79 Å². The number of hydrogen-bond donors (Lipinski definition) is 0. The van der Waals surface area contributed by atoms with Crippen molar-refractivity contribution in [2.75, 3.05) is 19.6 Å². The van der Waals surface area contributed by atoms with Crippen molar-refractivity contribution >= 4 is 17.8 Å². The van der Waals surface area contributed by atoms with Gasteiger partial charge in [-0.15, -0.1) is 0 Å².